The van der Waals surface area contributed by atoms with E-state index in [0.717, 1.165) is 11.4 Å². The van der Waals surface area contributed by atoms with Crippen LogP contribution in [-0.2, 0) is 6.54 Å². The van der Waals surface area contributed by atoms with Crippen molar-refractivity contribution in [2.45, 2.75) is 20.4 Å². The fourth-order valence-corrected chi connectivity index (χ4v) is 2.50. The molecule has 0 aliphatic rings. The summed E-state index contributed by atoms with van der Waals surface area (Å²) in [5, 5.41) is 10.9. The average molecular weight is 341 g/mol. The lowest BCUT2D eigenvalue weighted by Gasteiger charge is -2.04. The van der Waals surface area contributed by atoms with Gasteiger partial charge in [0.15, 0.2) is 11.5 Å². The lowest BCUT2D eigenvalue weighted by molar-refractivity contribution is 0.0943. The Balaban J connectivity index is 1.64. The van der Waals surface area contributed by atoms with Gasteiger partial charge >= 0.3 is 0 Å². The molecule has 0 atom stereocenters. The van der Waals surface area contributed by atoms with Crippen molar-refractivity contribution in [1.82, 2.24) is 25.2 Å². The molecule has 3 rings (SSSR count). The van der Waals surface area contributed by atoms with Crippen molar-refractivity contribution >= 4 is 5.91 Å². The van der Waals surface area contributed by atoms with Gasteiger partial charge in [0.1, 0.15) is 17.4 Å². The maximum absolute atomic E-state index is 12.2. The second-order valence-corrected chi connectivity index (χ2v) is 5.46. The van der Waals surface area contributed by atoms with E-state index in [1.807, 2.05) is 38.1 Å². The largest absolute Gasteiger partial charge is 0.496 e. The van der Waals surface area contributed by atoms with Crippen molar-refractivity contribution in [2.75, 3.05) is 13.7 Å². The van der Waals surface area contributed by atoms with Crippen LogP contribution < -0.4 is 10.1 Å². The van der Waals surface area contributed by atoms with E-state index < -0.39 is 0 Å². The normalized spacial score (nSPS) is 10.7. The summed E-state index contributed by atoms with van der Waals surface area (Å²) < 4.78 is 12.3. The molecule has 8 heteroatoms. The molecule has 3 aromatic rings. The number of carbonyl (C=O) groups is 1. The van der Waals surface area contributed by atoms with Gasteiger partial charge in [-0.3, -0.25) is 4.79 Å². The third-order valence-electron chi connectivity index (χ3n) is 3.69. The molecule has 8 nitrogen and oxygen atoms in total. The summed E-state index contributed by atoms with van der Waals surface area (Å²) in [7, 11) is 1.58. The zero-order valence-electron chi connectivity index (χ0n) is 14.3. The molecule has 0 unspecified atom stereocenters. The maximum Gasteiger partial charge on any atom is 0.273 e. The summed E-state index contributed by atoms with van der Waals surface area (Å²) >= 11 is 0. The number of amides is 1. The van der Waals surface area contributed by atoms with Crippen LogP contribution in [0.15, 0.2) is 34.9 Å². The predicted octanol–water partition coefficient (Wildman–Crippen LogP) is 1.99. The van der Waals surface area contributed by atoms with Crippen LogP contribution in [0.5, 0.6) is 5.75 Å². The van der Waals surface area contributed by atoms with Crippen molar-refractivity contribution in [2.24, 2.45) is 0 Å². The number of ether oxygens (including phenoxy) is 1. The van der Waals surface area contributed by atoms with Crippen LogP contribution in [0.4, 0.5) is 0 Å². The summed E-state index contributed by atoms with van der Waals surface area (Å²) in [6, 6.07) is 8.98. The van der Waals surface area contributed by atoms with E-state index >= 15 is 0 Å². The predicted molar refractivity (Wildman–Crippen MR) is 90.3 cm³/mol. The molecule has 0 radical (unpaired) electrons. The SMILES string of the molecule is COc1ccccc1-c1cc(C(=O)NCCn2nc(C)nc2C)no1. The number of aryl methyl sites for hydroxylation is 2. The van der Waals surface area contributed by atoms with E-state index in [1.165, 1.54) is 0 Å². The first-order valence-electron chi connectivity index (χ1n) is 7.85. The third kappa shape index (κ3) is 3.68. The fraction of sp³-hybridized carbons (Fsp3) is 0.294. The van der Waals surface area contributed by atoms with Crippen LogP contribution in [0, 0.1) is 13.8 Å². The third-order valence-corrected chi connectivity index (χ3v) is 3.69. The molecule has 2 heterocycles. The van der Waals surface area contributed by atoms with Crippen LogP contribution in [-0.4, -0.2) is 39.5 Å². The highest BCUT2D eigenvalue weighted by atomic mass is 16.5. The number of nitrogens with zero attached hydrogens (tertiary/aromatic N) is 4. The molecule has 25 heavy (non-hydrogen) atoms. The van der Waals surface area contributed by atoms with Crippen molar-refractivity contribution in [3.63, 3.8) is 0 Å². The van der Waals surface area contributed by atoms with E-state index in [9.17, 15) is 4.79 Å². The van der Waals surface area contributed by atoms with Gasteiger partial charge in [-0.05, 0) is 26.0 Å². The summed E-state index contributed by atoms with van der Waals surface area (Å²) in [4.78, 5) is 16.4. The van der Waals surface area contributed by atoms with Crippen molar-refractivity contribution in [3.8, 4) is 17.1 Å². The molecule has 1 amide bonds. The Morgan fingerprint density at radius 2 is 2.12 bits per heavy atom. The highest BCUT2D eigenvalue weighted by molar-refractivity contribution is 5.93. The van der Waals surface area contributed by atoms with Gasteiger partial charge < -0.3 is 14.6 Å². The Kier molecular flexibility index (Phi) is 4.78. The first kappa shape index (κ1) is 16.7. The number of aromatic nitrogens is 4. The molecule has 0 spiro atoms. The van der Waals surface area contributed by atoms with Crippen molar-refractivity contribution in [1.29, 1.82) is 0 Å². The molecule has 2 aromatic heterocycles. The minimum Gasteiger partial charge on any atom is -0.496 e. The Morgan fingerprint density at radius 1 is 1.32 bits per heavy atom. The topological polar surface area (TPSA) is 95.1 Å². The molecule has 0 fully saturated rings. The van der Waals surface area contributed by atoms with Crippen LogP contribution >= 0.6 is 0 Å². The minimum absolute atomic E-state index is 0.215. The van der Waals surface area contributed by atoms with Gasteiger partial charge in [-0.2, -0.15) is 5.10 Å². The molecule has 0 saturated heterocycles. The Morgan fingerprint density at radius 3 is 2.84 bits per heavy atom. The average Bonchev–Trinajstić information content (AvgIpc) is 3.21. The summed E-state index contributed by atoms with van der Waals surface area (Å²) in [6.07, 6.45) is 0. The molecular formula is C17H19N5O3. The molecule has 0 aliphatic carbocycles. The maximum atomic E-state index is 12.2. The lowest BCUT2D eigenvalue weighted by Crippen LogP contribution is -2.28. The number of hydrogen-bond donors (Lipinski definition) is 1. The zero-order valence-corrected chi connectivity index (χ0v) is 14.3. The summed E-state index contributed by atoms with van der Waals surface area (Å²) in [6.45, 7) is 4.66. The number of hydrogen-bond acceptors (Lipinski definition) is 6. The Labute approximate surface area is 144 Å². The standard InChI is InChI=1S/C17H19N5O3/c1-11-19-12(2)22(20-11)9-8-18-17(23)14-10-16(25-21-14)13-6-4-5-7-15(13)24-3/h4-7,10H,8-9H2,1-3H3,(H,18,23). The Hall–Kier alpha value is -3.16. The second kappa shape index (κ2) is 7.16. The number of nitrogens with one attached hydrogen (secondary N) is 1. The molecule has 1 N–H and O–H groups in total. The molecule has 0 saturated carbocycles. The van der Waals surface area contributed by atoms with Crippen LogP contribution in [0.3, 0.4) is 0 Å². The number of rotatable bonds is 6. The van der Waals surface area contributed by atoms with Gasteiger partial charge in [-0.25, -0.2) is 9.67 Å². The first-order chi connectivity index (χ1) is 12.1. The van der Waals surface area contributed by atoms with E-state index in [1.54, 1.807) is 17.9 Å². The van der Waals surface area contributed by atoms with E-state index in [-0.39, 0.29) is 11.6 Å². The molecule has 0 bridgehead atoms. The lowest BCUT2D eigenvalue weighted by atomic mass is 10.1. The smallest absolute Gasteiger partial charge is 0.273 e. The molecular weight excluding hydrogens is 322 g/mol. The highest BCUT2D eigenvalue weighted by Crippen LogP contribution is 2.29. The molecule has 1 aromatic carbocycles. The second-order valence-electron chi connectivity index (χ2n) is 5.46. The Bertz CT molecular complexity index is 884. The van der Waals surface area contributed by atoms with Gasteiger partial charge in [0.05, 0.1) is 19.2 Å². The monoisotopic (exact) mass is 341 g/mol. The number of para-hydroxylation sites is 1. The summed E-state index contributed by atoms with van der Waals surface area (Å²) in [5.41, 5.74) is 0.956. The fourth-order valence-electron chi connectivity index (χ4n) is 2.50. The molecule has 0 aliphatic heterocycles. The van der Waals surface area contributed by atoms with Gasteiger partial charge in [0.2, 0.25) is 0 Å². The zero-order chi connectivity index (χ0) is 17.8. The number of benzene rings is 1. The van der Waals surface area contributed by atoms with Crippen molar-refractivity contribution < 1.29 is 14.1 Å². The van der Waals surface area contributed by atoms with E-state index in [4.69, 9.17) is 9.26 Å². The van der Waals surface area contributed by atoms with Gasteiger partial charge in [0.25, 0.3) is 5.91 Å². The highest BCUT2D eigenvalue weighted by Gasteiger charge is 2.16. The van der Waals surface area contributed by atoms with Crippen LogP contribution in [0.2, 0.25) is 0 Å². The van der Waals surface area contributed by atoms with E-state index in [0.29, 0.717) is 30.4 Å². The first-order valence-corrected chi connectivity index (χ1v) is 7.85. The van der Waals surface area contributed by atoms with Crippen LogP contribution in [0.1, 0.15) is 22.1 Å². The molecule has 130 valence electrons. The van der Waals surface area contributed by atoms with Gasteiger partial charge in [0, 0.05) is 12.6 Å². The quantitative estimate of drug-likeness (QED) is 0.737. The van der Waals surface area contributed by atoms with Gasteiger partial charge in [-0.1, -0.05) is 17.3 Å². The number of methoxy groups -OCH3 is 1. The van der Waals surface area contributed by atoms with Crippen LogP contribution in [0.25, 0.3) is 11.3 Å². The number of carbonyl (C=O) groups excluding carboxylic acids is 1. The van der Waals surface area contributed by atoms with E-state index in [2.05, 4.69) is 20.6 Å². The minimum atomic E-state index is -0.306. The van der Waals surface area contributed by atoms with Crippen molar-refractivity contribution in [3.05, 3.63) is 47.7 Å². The van der Waals surface area contributed by atoms with Gasteiger partial charge in [-0.15, -0.1) is 0 Å². The summed E-state index contributed by atoms with van der Waals surface area (Å²) in [5.74, 6) is 2.35.